The van der Waals surface area contributed by atoms with E-state index in [0.29, 0.717) is 6.42 Å². The number of nitrogens with zero attached hydrogens (tertiary/aromatic N) is 2. The summed E-state index contributed by atoms with van der Waals surface area (Å²) in [7, 11) is 0. The smallest absolute Gasteiger partial charge is 0.317 e. The van der Waals surface area contributed by atoms with E-state index in [1.807, 2.05) is 13.8 Å². The maximum absolute atomic E-state index is 12.1. The molecular formula is C13H25N3O3. The monoisotopic (exact) mass is 271 g/mol. The molecule has 0 bridgehead atoms. The number of carbonyl (C=O) groups is 2. The number of piperazine rings is 1. The SMILES string of the molecule is CCN1CCN(C(=O)NC(C)(C)CCC(=O)O)CC1. The summed E-state index contributed by atoms with van der Waals surface area (Å²) in [6.45, 7) is 10.1. The minimum atomic E-state index is -0.834. The van der Waals surface area contributed by atoms with Gasteiger partial charge >= 0.3 is 12.0 Å². The van der Waals surface area contributed by atoms with Crippen LogP contribution in [0.15, 0.2) is 0 Å². The van der Waals surface area contributed by atoms with Gasteiger partial charge in [0.1, 0.15) is 0 Å². The minimum absolute atomic E-state index is 0.0664. The highest BCUT2D eigenvalue weighted by Crippen LogP contribution is 2.12. The molecule has 1 fully saturated rings. The summed E-state index contributed by atoms with van der Waals surface area (Å²) in [5.74, 6) is -0.834. The molecule has 0 atom stereocenters. The molecule has 6 heteroatoms. The molecule has 19 heavy (non-hydrogen) atoms. The molecule has 0 aliphatic carbocycles. The Labute approximate surface area is 114 Å². The van der Waals surface area contributed by atoms with Crippen molar-refractivity contribution < 1.29 is 14.7 Å². The van der Waals surface area contributed by atoms with E-state index in [2.05, 4.69) is 17.1 Å². The molecule has 1 rings (SSSR count). The molecule has 6 nitrogen and oxygen atoms in total. The number of likely N-dealkylation sites (N-methyl/N-ethyl adjacent to an activating group) is 1. The maximum Gasteiger partial charge on any atom is 0.317 e. The van der Waals surface area contributed by atoms with Crippen molar-refractivity contribution in [1.82, 2.24) is 15.1 Å². The fourth-order valence-corrected chi connectivity index (χ4v) is 2.12. The average molecular weight is 271 g/mol. The molecule has 0 aromatic carbocycles. The first kappa shape index (κ1) is 15.8. The molecule has 2 amide bonds. The lowest BCUT2D eigenvalue weighted by atomic mass is 9.99. The summed E-state index contributed by atoms with van der Waals surface area (Å²) in [5, 5.41) is 11.6. The zero-order chi connectivity index (χ0) is 14.5. The molecule has 1 aliphatic rings. The van der Waals surface area contributed by atoms with Gasteiger partial charge in [-0.05, 0) is 26.8 Å². The van der Waals surface area contributed by atoms with Crippen LogP contribution < -0.4 is 5.32 Å². The van der Waals surface area contributed by atoms with E-state index in [0.717, 1.165) is 32.7 Å². The molecule has 110 valence electrons. The van der Waals surface area contributed by atoms with Gasteiger partial charge in [-0.3, -0.25) is 4.79 Å². The number of aliphatic carboxylic acids is 1. The van der Waals surface area contributed by atoms with Crippen LogP contribution in [-0.2, 0) is 4.79 Å². The van der Waals surface area contributed by atoms with Crippen molar-refractivity contribution in [3.63, 3.8) is 0 Å². The van der Waals surface area contributed by atoms with Gasteiger partial charge in [-0.1, -0.05) is 6.92 Å². The van der Waals surface area contributed by atoms with Crippen LogP contribution in [0.5, 0.6) is 0 Å². The highest BCUT2D eigenvalue weighted by Gasteiger charge is 2.26. The molecule has 0 aromatic heterocycles. The van der Waals surface area contributed by atoms with Crippen LogP contribution in [-0.4, -0.2) is 65.2 Å². The third-order valence-electron chi connectivity index (χ3n) is 3.52. The number of amides is 2. The number of hydrogen-bond donors (Lipinski definition) is 2. The molecule has 0 unspecified atom stereocenters. The summed E-state index contributed by atoms with van der Waals surface area (Å²) in [5.41, 5.74) is -0.489. The molecule has 1 aliphatic heterocycles. The van der Waals surface area contributed by atoms with Gasteiger partial charge in [-0.25, -0.2) is 4.79 Å². The van der Waals surface area contributed by atoms with Crippen LogP contribution in [0.1, 0.15) is 33.6 Å². The van der Waals surface area contributed by atoms with Gasteiger partial charge < -0.3 is 20.2 Å². The Hall–Kier alpha value is -1.30. The molecular weight excluding hydrogens is 246 g/mol. The fraction of sp³-hybridized carbons (Fsp3) is 0.846. The van der Waals surface area contributed by atoms with Gasteiger partial charge in [-0.15, -0.1) is 0 Å². The van der Waals surface area contributed by atoms with E-state index >= 15 is 0 Å². The van der Waals surface area contributed by atoms with Gasteiger partial charge in [0, 0.05) is 38.1 Å². The van der Waals surface area contributed by atoms with Gasteiger partial charge in [0.25, 0.3) is 0 Å². The lowest BCUT2D eigenvalue weighted by molar-refractivity contribution is -0.137. The zero-order valence-corrected chi connectivity index (χ0v) is 12.1. The quantitative estimate of drug-likeness (QED) is 0.781. The third kappa shape index (κ3) is 5.46. The topological polar surface area (TPSA) is 72.9 Å². The number of carboxylic acid groups (broad SMARTS) is 1. The Morgan fingerprint density at radius 1 is 1.21 bits per heavy atom. The van der Waals surface area contributed by atoms with Crippen molar-refractivity contribution in [3.05, 3.63) is 0 Å². The van der Waals surface area contributed by atoms with Crippen LogP contribution >= 0.6 is 0 Å². The Balaban J connectivity index is 2.39. The number of carbonyl (C=O) groups excluding carboxylic acids is 1. The van der Waals surface area contributed by atoms with Crippen molar-refractivity contribution in [2.24, 2.45) is 0 Å². The number of hydrogen-bond acceptors (Lipinski definition) is 3. The largest absolute Gasteiger partial charge is 0.481 e. The van der Waals surface area contributed by atoms with Crippen molar-refractivity contribution in [3.8, 4) is 0 Å². The maximum atomic E-state index is 12.1. The van der Waals surface area contributed by atoms with E-state index in [9.17, 15) is 9.59 Å². The normalized spacial score (nSPS) is 17.3. The standard InChI is InChI=1S/C13H25N3O3/c1-4-15-7-9-16(10-8-15)12(19)14-13(2,3)6-5-11(17)18/h4-10H2,1-3H3,(H,14,19)(H,17,18). The van der Waals surface area contributed by atoms with Crippen LogP contribution in [0.4, 0.5) is 4.79 Å². The van der Waals surface area contributed by atoms with Crippen molar-refractivity contribution >= 4 is 12.0 Å². The van der Waals surface area contributed by atoms with Gasteiger partial charge in [0.15, 0.2) is 0 Å². The fourth-order valence-electron chi connectivity index (χ4n) is 2.12. The van der Waals surface area contributed by atoms with Crippen LogP contribution in [0, 0.1) is 0 Å². The lowest BCUT2D eigenvalue weighted by Gasteiger charge is -2.36. The molecule has 0 spiro atoms. The first-order valence-electron chi connectivity index (χ1n) is 6.85. The van der Waals surface area contributed by atoms with E-state index in [1.165, 1.54) is 0 Å². The van der Waals surface area contributed by atoms with E-state index < -0.39 is 11.5 Å². The van der Waals surface area contributed by atoms with Crippen molar-refractivity contribution in [1.29, 1.82) is 0 Å². The minimum Gasteiger partial charge on any atom is -0.481 e. The van der Waals surface area contributed by atoms with Crippen molar-refractivity contribution in [2.75, 3.05) is 32.7 Å². The van der Waals surface area contributed by atoms with Crippen LogP contribution in [0.2, 0.25) is 0 Å². The predicted octanol–water partition coefficient (Wildman–Crippen LogP) is 0.977. The summed E-state index contributed by atoms with van der Waals surface area (Å²) in [6, 6.07) is -0.0915. The molecule has 0 radical (unpaired) electrons. The molecule has 0 aromatic rings. The van der Waals surface area contributed by atoms with E-state index in [4.69, 9.17) is 5.11 Å². The summed E-state index contributed by atoms with van der Waals surface area (Å²) in [4.78, 5) is 26.8. The molecule has 1 heterocycles. The first-order valence-corrected chi connectivity index (χ1v) is 6.85. The Kier molecular flexibility index (Phi) is 5.60. The first-order chi connectivity index (χ1) is 8.84. The van der Waals surface area contributed by atoms with E-state index in [-0.39, 0.29) is 12.5 Å². The van der Waals surface area contributed by atoms with Crippen LogP contribution in [0.3, 0.4) is 0 Å². The predicted molar refractivity (Wildman–Crippen MR) is 73.2 cm³/mol. The molecule has 1 saturated heterocycles. The molecule has 2 N–H and O–H groups in total. The third-order valence-corrected chi connectivity index (χ3v) is 3.52. The molecule has 0 saturated carbocycles. The highest BCUT2D eigenvalue weighted by atomic mass is 16.4. The summed E-state index contributed by atoms with van der Waals surface area (Å²) < 4.78 is 0. The summed E-state index contributed by atoms with van der Waals surface area (Å²) >= 11 is 0. The van der Waals surface area contributed by atoms with Crippen LogP contribution in [0.25, 0.3) is 0 Å². The Morgan fingerprint density at radius 3 is 2.26 bits per heavy atom. The second kappa shape index (κ2) is 6.75. The summed E-state index contributed by atoms with van der Waals surface area (Å²) in [6.07, 6.45) is 0.500. The lowest BCUT2D eigenvalue weighted by Crippen LogP contribution is -2.55. The second-order valence-corrected chi connectivity index (χ2v) is 5.63. The number of nitrogens with one attached hydrogen (secondary N) is 1. The second-order valence-electron chi connectivity index (χ2n) is 5.63. The number of carboxylic acids is 1. The Morgan fingerprint density at radius 2 is 1.79 bits per heavy atom. The van der Waals surface area contributed by atoms with Gasteiger partial charge in [0.05, 0.1) is 0 Å². The average Bonchev–Trinajstić information content (AvgIpc) is 2.36. The van der Waals surface area contributed by atoms with Gasteiger partial charge in [0.2, 0.25) is 0 Å². The Bertz CT molecular complexity index is 323. The van der Waals surface area contributed by atoms with E-state index in [1.54, 1.807) is 4.90 Å². The number of rotatable bonds is 5. The van der Waals surface area contributed by atoms with Crippen molar-refractivity contribution in [2.45, 2.75) is 39.2 Å². The van der Waals surface area contributed by atoms with Gasteiger partial charge in [-0.2, -0.15) is 0 Å². The zero-order valence-electron chi connectivity index (χ0n) is 12.1. The number of urea groups is 1. The highest BCUT2D eigenvalue weighted by molar-refractivity contribution is 5.75.